The van der Waals surface area contributed by atoms with Crippen molar-refractivity contribution < 1.29 is 9.50 Å². The van der Waals surface area contributed by atoms with Gasteiger partial charge in [-0.3, -0.25) is 5.43 Å². The van der Waals surface area contributed by atoms with E-state index in [1.54, 1.807) is 30.5 Å². The number of phenolic OH excluding ortho intramolecular Hbond substituents is 1. The van der Waals surface area contributed by atoms with Gasteiger partial charge in [0.1, 0.15) is 11.6 Å². The van der Waals surface area contributed by atoms with Gasteiger partial charge in [0.25, 0.3) is 0 Å². The topological polar surface area (TPSA) is 44.6 Å². The van der Waals surface area contributed by atoms with Crippen LogP contribution in [-0.4, -0.2) is 11.3 Å². The highest BCUT2D eigenvalue weighted by Crippen LogP contribution is 2.32. The van der Waals surface area contributed by atoms with Crippen LogP contribution in [0.15, 0.2) is 50.4 Å². The summed E-state index contributed by atoms with van der Waals surface area (Å²) in [6.45, 7) is 0. The summed E-state index contributed by atoms with van der Waals surface area (Å²) in [6, 6.07) is 9.35. The monoisotopic (exact) mass is 386 g/mol. The van der Waals surface area contributed by atoms with E-state index in [-0.39, 0.29) is 11.6 Å². The number of hydrogen-bond acceptors (Lipinski definition) is 3. The molecule has 0 aromatic heterocycles. The summed E-state index contributed by atoms with van der Waals surface area (Å²) in [7, 11) is 0. The van der Waals surface area contributed by atoms with Crippen LogP contribution < -0.4 is 5.43 Å². The number of phenols is 1. The first-order valence-corrected chi connectivity index (χ1v) is 6.87. The van der Waals surface area contributed by atoms with Crippen molar-refractivity contribution >= 4 is 43.8 Å². The molecule has 2 aromatic carbocycles. The van der Waals surface area contributed by atoms with Crippen LogP contribution in [0.25, 0.3) is 0 Å². The minimum absolute atomic E-state index is 0.142. The lowest BCUT2D eigenvalue weighted by Crippen LogP contribution is -1.91. The zero-order valence-electron chi connectivity index (χ0n) is 9.57. The summed E-state index contributed by atoms with van der Waals surface area (Å²) >= 11 is 6.48. The summed E-state index contributed by atoms with van der Waals surface area (Å²) in [4.78, 5) is 0. The normalized spacial score (nSPS) is 10.9. The van der Waals surface area contributed by atoms with Gasteiger partial charge >= 0.3 is 0 Å². The maximum atomic E-state index is 12.7. The van der Waals surface area contributed by atoms with E-state index in [1.807, 2.05) is 0 Å². The maximum absolute atomic E-state index is 12.7. The molecule has 2 N–H and O–H groups in total. The van der Waals surface area contributed by atoms with Crippen LogP contribution >= 0.6 is 31.9 Å². The smallest absolute Gasteiger partial charge is 0.143 e. The van der Waals surface area contributed by atoms with E-state index in [4.69, 9.17) is 0 Å². The fourth-order valence-corrected chi connectivity index (χ4v) is 2.59. The molecule has 6 heteroatoms. The van der Waals surface area contributed by atoms with Crippen LogP contribution in [0.3, 0.4) is 0 Å². The van der Waals surface area contributed by atoms with Crippen LogP contribution in [-0.2, 0) is 0 Å². The first kappa shape index (κ1) is 14.0. The third-order valence-electron chi connectivity index (χ3n) is 2.29. The van der Waals surface area contributed by atoms with E-state index in [0.717, 1.165) is 5.56 Å². The summed E-state index contributed by atoms with van der Waals surface area (Å²) in [5, 5.41) is 13.6. The van der Waals surface area contributed by atoms with Gasteiger partial charge in [0, 0.05) is 0 Å². The fourth-order valence-electron chi connectivity index (χ4n) is 1.37. The standard InChI is InChI=1S/C13H9Br2FN2O/c14-11-5-8(6-12(15)13(11)19)7-17-18-10-3-1-9(16)2-4-10/h1-7,18-19H/b17-7+. The van der Waals surface area contributed by atoms with Gasteiger partial charge in [-0.1, -0.05) is 0 Å². The molecule has 0 radical (unpaired) electrons. The number of anilines is 1. The first-order valence-electron chi connectivity index (χ1n) is 5.29. The quantitative estimate of drug-likeness (QED) is 0.601. The number of halogens is 3. The molecule has 19 heavy (non-hydrogen) atoms. The highest BCUT2D eigenvalue weighted by Gasteiger charge is 2.04. The molecule has 0 amide bonds. The number of benzene rings is 2. The van der Waals surface area contributed by atoms with Crippen molar-refractivity contribution in [2.24, 2.45) is 5.10 Å². The number of nitrogens with zero attached hydrogens (tertiary/aromatic N) is 1. The van der Waals surface area contributed by atoms with Crippen molar-refractivity contribution in [1.82, 2.24) is 0 Å². The van der Waals surface area contributed by atoms with Crippen molar-refractivity contribution in [1.29, 1.82) is 0 Å². The Labute approximate surface area is 126 Å². The molecule has 0 aliphatic rings. The van der Waals surface area contributed by atoms with E-state index in [2.05, 4.69) is 42.4 Å². The van der Waals surface area contributed by atoms with Gasteiger partial charge in [0.05, 0.1) is 20.8 Å². The van der Waals surface area contributed by atoms with Gasteiger partial charge in [-0.2, -0.15) is 5.10 Å². The molecule has 0 saturated heterocycles. The van der Waals surface area contributed by atoms with Crippen molar-refractivity contribution in [2.75, 3.05) is 5.43 Å². The Morgan fingerprint density at radius 2 is 1.68 bits per heavy atom. The lowest BCUT2D eigenvalue weighted by atomic mass is 10.2. The molecule has 0 fully saturated rings. The van der Waals surface area contributed by atoms with Gasteiger partial charge in [-0.25, -0.2) is 4.39 Å². The molecule has 98 valence electrons. The number of rotatable bonds is 3. The molecule has 0 atom stereocenters. The van der Waals surface area contributed by atoms with Crippen molar-refractivity contribution in [2.45, 2.75) is 0 Å². The third-order valence-corrected chi connectivity index (χ3v) is 3.50. The Bertz CT molecular complexity index is 592. The van der Waals surface area contributed by atoms with Gasteiger partial charge in [0.2, 0.25) is 0 Å². The molecule has 0 aliphatic heterocycles. The van der Waals surface area contributed by atoms with Crippen LogP contribution in [0.2, 0.25) is 0 Å². The molecular weight excluding hydrogens is 379 g/mol. The Hall–Kier alpha value is -1.40. The molecule has 0 saturated carbocycles. The van der Waals surface area contributed by atoms with E-state index >= 15 is 0 Å². The average molecular weight is 388 g/mol. The van der Waals surface area contributed by atoms with Gasteiger partial charge in [-0.05, 0) is 73.8 Å². The highest BCUT2D eigenvalue weighted by molar-refractivity contribution is 9.11. The summed E-state index contributed by atoms with van der Waals surface area (Å²) < 4.78 is 13.8. The highest BCUT2D eigenvalue weighted by atomic mass is 79.9. The lowest BCUT2D eigenvalue weighted by Gasteiger charge is -2.02. The minimum Gasteiger partial charge on any atom is -0.506 e. The minimum atomic E-state index is -0.291. The molecule has 3 nitrogen and oxygen atoms in total. The number of hydrogen-bond donors (Lipinski definition) is 2. The van der Waals surface area contributed by atoms with Crippen LogP contribution in [0.4, 0.5) is 10.1 Å². The second kappa shape index (κ2) is 6.16. The van der Waals surface area contributed by atoms with E-state index < -0.39 is 0 Å². The van der Waals surface area contributed by atoms with E-state index in [0.29, 0.717) is 14.6 Å². The molecular formula is C13H9Br2FN2O. The van der Waals surface area contributed by atoms with Crippen LogP contribution in [0, 0.1) is 5.82 Å². The second-order valence-corrected chi connectivity index (χ2v) is 5.42. The first-order chi connectivity index (χ1) is 9.06. The molecule has 0 aliphatic carbocycles. The zero-order chi connectivity index (χ0) is 13.8. The number of aromatic hydroxyl groups is 1. The Morgan fingerprint density at radius 1 is 1.11 bits per heavy atom. The van der Waals surface area contributed by atoms with Gasteiger partial charge in [0.15, 0.2) is 0 Å². The Morgan fingerprint density at radius 3 is 2.26 bits per heavy atom. The molecule has 0 unspecified atom stereocenters. The largest absolute Gasteiger partial charge is 0.506 e. The van der Waals surface area contributed by atoms with Crippen LogP contribution in [0.5, 0.6) is 5.75 Å². The molecule has 0 bridgehead atoms. The molecule has 2 aromatic rings. The second-order valence-electron chi connectivity index (χ2n) is 3.71. The molecule has 0 heterocycles. The average Bonchev–Trinajstić information content (AvgIpc) is 2.38. The zero-order valence-corrected chi connectivity index (χ0v) is 12.7. The van der Waals surface area contributed by atoms with E-state index in [9.17, 15) is 9.50 Å². The fraction of sp³-hybridized carbons (Fsp3) is 0. The lowest BCUT2D eigenvalue weighted by molar-refractivity contribution is 0.468. The SMILES string of the molecule is Oc1c(Br)cc(/C=N/Nc2ccc(F)cc2)cc1Br. The predicted molar refractivity (Wildman–Crippen MR) is 81.1 cm³/mol. The maximum Gasteiger partial charge on any atom is 0.143 e. The summed E-state index contributed by atoms with van der Waals surface area (Å²) in [6.07, 6.45) is 1.60. The third kappa shape index (κ3) is 3.78. The summed E-state index contributed by atoms with van der Waals surface area (Å²) in [5.41, 5.74) is 4.27. The summed E-state index contributed by atoms with van der Waals surface area (Å²) in [5.74, 6) is -0.149. The molecule has 2 rings (SSSR count). The van der Waals surface area contributed by atoms with Crippen LogP contribution in [0.1, 0.15) is 5.56 Å². The van der Waals surface area contributed by atoms with Crippen molar-refractivity contribution in [3.8, 4) is 5.75 Å². The van der Waals surface area contributed by atoms with Crippen molar-refractivity contribution in [3.63, 3.8) is 0 Å². The molecule has 0 spiro atoms. The van der Waals surface area contributed by atoms with E-state index in [1.165, 1.54) is 12.1 Å². The Balaban J connectivity index is 2.09. The van der Waals surface area contributed by atoms with Gasteiger partial charge < -0.3 is 5.11 Å². The van der Waals surface area contributed by atoms with Crippen molar-refractivity contribution in [3.05, 3.63) is 56.7 Å². The predicted octanol–water partition coefficient (Wildman–Crippen LogP) is 4.50. The Kier molecular flexibility index (Phi) is 4.55. The number of hydrazone groups is 1. The van der Waals surface area contributed by atoms with Gasteiger partial charge in [-0.15, -0.1) is 0 Å². The number of nitrogens with one attached hydrogen (secondary N) is 1.